The fourth-order valence-corrected chi connectivity index (χ4v) is 7.43. The summed E-state index contributed by atoms with van der Waals surface area (Å²) in [5.74, 6) is 0. The number of fused-ring (bicyclic) bond motifs is 6. The highest BCUT2D eigenvalue weighted by Crippen LogP contribution is 2.41. The SMILES string of the molecule is c1ccc(N(c2ccccc2)c2cccc(-c3ccccc3-c3ccc4oc5ccc(-c6ccc7c(c6)oc6ccccc67)cc5c4c3)c2)cc1. The number of furan rings is 2. The second kappa shape index (κ2) is 11.9. The predicted molar refractivity (Wildman–Crippen MR) is 212 cm³/mol. The van der Waals surface area contributed by atoms with Crippen molar-refractivity contribution in [3.63, 3.8) is 0 Å². The third kappa shape index (κ3) is 5.06. The molecule has 0 saturated heterocycles. The Morgan fingerprint density at radius 1 is 0.275 bits per heavy atom. The van der Waals surface area contributed by atoms with Crippen LogP contribution in [0, 0.1) is 0 Å². The van der Waals surface area contributed by atoms with Crippen LogP contribution in [0.25, 0.3) is 77.3 Å². The van der Waals surface area contributed by atoms with Crippen molar-refractivity contribution in [2.24, 2.45) is 0 Å². The van der Waals surface area contributed by atoms with E-state index < -0.39 is 0 Å². The molecule has 0 bridgehead atoms. The van der Waals surface area contributed by atoms with Gasteiger partial charge in [0, 0.05) is 38.6 Å². The van der Waals surface area contributed by atoms with Crippen LogP contribution in [0.5, 0.6) is 0 Å². The van der Waals surface area contributed by atoms with Gasteiger partial charge in [-0.25, -0.2) is 0 Å². The van der Waals surface area contributed by atoms with Crippen LogP contribution >= 0.6 is 0 Å². The highest BCUT2D eigenvalue weighted by atomic mass is 16.3. The van der Waals surface area contributed by atoms with Crippen LogP contribution in [0.15, 0.2) is 197 Å². The molecule has 51 heavy (non-hydrogen) atoms. The first-order valence-corrected chi connectivity index (χ1v) is 17.2. The van der Waals surface area contributed by atoms with Crippen LogP contribution in [0.1, 0.15) is 0 Å². The molecule has 3 heteroatoms. The standard InChI is InChI=1S/C48H31NO2/c1-3-13-36(14-4-1)49(37-15-5-2-6-16-37)38-17-11-12-34(28-38)39-18-7-8-19-40(39)35-24-27-47-44(30-35)43-29-32(23-26-46(43)50-47)33-22-25-42-41-20-9-10-21-45(41)51-48(42)31-33/h1-31H. The Kier molecular flexibility index (Phi) is 6.81. The first-order chi connectivity index (χ1) is 25.3. The first-order valence-electron chi connectivity index (χ1n) is 17.2. The summed E-state index contributed by atoms with van der Waals surface area (Å²) >= 11 is 0. The molecule has 10 aromatic rings. The van der Waals surface area contributed by atoms with Gasteiger partial charge in [-0.2, -0.15) is 0 Å². The fraction of sp³-hybridized carbons (Fsp3) is 0. The van der Waals surface area contributed by atoms with Crippen molar-refractivity contribution in [2.45, 2.75) is 0 Å². The minimum absolute atomic E-state index is 0.874. The lowest BCUT2D eigenvalue weighted by Gasteiger charge is -2.26. The summed E-state index contributed by atoms with van der Waals surface area (Å²) in [6.07, 6.45) is 0. The molecule has 0 radical (unpaired) electrons. The summed E-state index contributed by atoms with van der Waals surface area (Å²) in [6.45, 7) is 0. The Morgan fingerprint density at radius 2 is 0.765 bits per heavy atom. The van der Waals surface area contributed by atoms with Crippen molar-refractivity contribution in [2.75, 3.05) is 4.90 Å². The molecular formula is C48H31NO2. The molecule has 0 unspecified atom stereocenters. The van der Waals surface area contributed by atoms with Gasteiger partial charge in [0.15, 0.2) is 0 Å². The normalized spacial score (nSPS) is 11.5. The minimum atomic E-state index is 0.874. The van der Waals surface area contributed by atoms with Gasteiger partial charge >= 0.3 is 0 Å². The summed E-state index contributed by atoms with van der Waals surface area (Å²) < 4.78 is 12.6. The van der Waals surface area contributed by atoms with Crippen LogP contribution in [-0.2, 0) is 0 Å². The average molecular weight is 654 g/mol. The smallest absolute Gasteiger partial charge is 0.136 e. The molecule has 0 aliphatic carbocycles. The van der Waals surface area contributed by atoms with Crippen LogP contribution in [0.4, 0.5) is 17.1 Å². The van der Waals surface area contributed by atoms with Crippen molar-refractivity contribution in [1.82, 2.24) is 0 Å². The average Bonchev–Trinajstić information content (AvgIpc) is 3.76. The molecule has 8 aromatic carbocycles. The van der Waals surface area contributed by atoms with E-state index in [1.165, 1.54) is 11.1 Å². The summed E-state index contributed by atoms with van der Waals surface area (Å²) in [5, 5.41) is 4.46. The van der Waals surface area contributed by atoms with Gasteiger partial charge in [-0.1, -0.05) is 109 Å². The molecule has 0 saturated carbocycles. The molecule has 0 fully saturated rings. The molecule has 0 aliphatic rings. The number of para-hydroxylation sites is 3. The van der Waals surface area contributed by atoms with Gasteiger partial charge in [-0.3, -0.25) is 0 Å². The zero-order valence-electron chi connectivity index (χ0n) is 27.7. The summed E-state index contributed by atoms with van der Waals surface area (Å²) in [5.41, 5.74) is 13.7. The lowest BCUT2D eigenvalue weighted by molar-refractivity contribution is 0.669. The lowest BCUT2D eigenvalue weighted by atomic mass is 9.93. The lowest BCUT2D eigenvalue weighted by Crippen LogP contribution is -2.09. The molecule has 2 heterocycles. The van der Waals surface area contributed by atoms with Crippen molar-refractivity contribution in [3.8, 4) is 33.4 Å². The zero-order valence-corrected chi connectivity index (χ0v) is 27.7. The van der Waals surface area contributed by atoms with Gasteiger partial charge in [0.25, 0.3) is 0 Å². The molecule has 3 nitrogen and oxygen atoms in total. The monoisotopic (exact) mass is 653 g/mol. The number of benzene rings is 8. The van der Waals surface area contributed by atoms with Crippen molar-refractivity contribution in [1.29, 1.82) is 0 Å². The first kappa shape index (κ1) is 29.1. The summed E-state index contributed by atoms with van der Waals surface area (Å²) in [6, 6.07) is 66.2. The van der Waals surface area contributed by atoms with E-state index in [9.17, 15) is 0 Å². The van der Waals surface area contributed by atoms with Crippen molar-refractivity contribution < 1.29 is 8.83 Å². The van der Waals surface area contributed by atoms with Gasteiger partial charge < -0.3 is 13.7 Å². The summed E-state index contributed by atoms with van der Waals surface area (Å²) in [4.78, 5) is 2.30. The van der Waals surface area contributed by atoms with Gasteiger partial charge in [0.1, 0.15) is 22.3 Å². The Labute approximate surface area is 295 Å². The fourth-order valence-electron chi connectivity index (χ4n) is 7.43. The van der Waals surface area contributed by atoms with E-state index in [1.807, 2.05) is 12.1 Å². The Balaban J connectivity index is 1.06. The third-order valence-electron chi connectivity index (χ3n) is 9.86. The maximum atomic E-state index is 6.36. The molecule has 0 atom stereocenters. The zero-order chi connectivity index (χ0) is 33.7. The van der Waals surface area contributed by atoms with Gasteiger partial charge in [0.05, 0.1) is 0 Å². The van der Waals surface area contributed by atoms with Crippen LogP contribution < -0.4 is 4.90 Å². The van der Waals surface area contributed by atoms with E-state index in [2.05, 4.69) is 181 Å². The molecule has 0 amide bonds. The van der Waals surface area contributed by atoms with E-state index in [1.54, 1.807) is 0 Å². The molecule has 2 aromatic heterocycles. The maximum absolute atomic E-state index is 6.36. The van der Waals surface area contributed by atoms with Crippen molar-refractivity contribution >= 4 is 60.9 Å². The molecule has 240 valence electrons. The largest absolute Gasteiger partial charge is 0.456 e. The molecular weight excluding hydrogens is 623 g/mol. The van der Waals surface area contributed by atoms with Gasteiger partial charge in [-0.05, 0) is 112 Å². The molecule has 0 spiro atoms. The Hall–Kier alpha value is -6.84. The predicted octanol–water partition coefficient (Wildman–Crippen LogP) is 14.0. The second-order valence-electron chi connectivity index (χ2n) is 12.9. The Morgan fingerprint density at radius 3 is 1.49 bits per heavy atom. The number of anilines is 3. The number of nitrogens with zero attached hydrogens (tertiary/aromatic N) is 1. The molecule has 0 aliphatic heterocycles. The topological polar surface area (TPSA) is 29.5 Å². The minimum Gasteiger partial charge on any atom is -0.456 e. The van der Waals surface area contributed by atoms with E-state index in [-0.39, 0.29) is 0 Å². The highest BCUT2D eigenvalue weighted by molar-refractivity contribution is 6.09. The summed E-state index contributed by atoms with van der Waals surface area (Å²) in [7, 11) is 0. The van der Waals surface area contributed by atoms with Crippen molar-refractivity contribution in [3.05, 3.63) is 188 Å². The van der Waals surface area contributed by atoms with E-state index in [0.29, 0.717) is 0 Å². The van der Waals surface area contributed by atoms with E-state index in [0.717, 1.165) is 83.2 Å². The Bertz CT molecular complexity index is 2830. The van der Waals surface area contributed by atoms with Crippen LogP contribution in [-0.4, -0.2) is 0 Å². The number of rotatable bonds is 6. The third-order valence-corrected chi connectivity index (χ3v) is 9.86. The number of hydrogen-bond donors (Lipinski definition) is 0. The van der Waals surface area contributed by atoms with E-state index in [4.69, 9.17) is 8.83 Å². The van der Waals surface area contributed by atoms with Gasteiger partial charge in [0.2, 0.25) is 0 Å². The van der Waals surface area contributed by atoms with Crippen LogP contribution in [0.2, 0.25) is 0 Å². The number of hydrogen-bond acceptors (Lipinski definition) is 3. The quantitative estimate of drug-likeness (QED) is 0.179. The van der Waals surface area contributed by atoms with Crippen LogP contribution in [0.3, 0.4) is 0 Å². The highest BCUT2D eigenvalue weighted by Gasteiger charge is 2.16. The van der Waals surface area contributed by atoms with E-state index >= 15 is 0 Å². The maximum Gasteiger partial charge on any atom is 0.136 e. The second-order valence-corrected chi connectivity index (χ2v) is 12.9. The van der Waals surface area contributed by atoms with Gasteiger partial charge in [-0.15, -0.1) is 0 Å². The molecule has 10 rings (SSSR count). The molecule has 0 N–H and O–H groups in total.